The van der Waals surface area contributed by atoms with Crippen LogP contribution in [0.1, 0.15) is 36.0 Å². The molecular formula is C21H21FN2O. The summed E-state index contributed by atoms with van der Waals surface area (Å²) in [7, 11) is 0. The maximum Gasteiger partial charge on any atom is 0.236 e. The predicted molar refractivity (Wildman–Crippen MR) is 97.9 cm³/mol. The number of amides is 1. The van der Waals surface area contributed by atoms with E-state index in [9.17, 15) is 9.18 Å². The van der Waals surface area contributed by atoms with Gasteiger partial charge in [-0.15, -0.1) is 0 Å². The predicted octanol–water partition coefficient (Wildman–Crippen LogP) is 4.86. The number of hydrogen-bond acceptors (Lipinski definition) is 2. The van der Waals surface area contributed by atoms with E-state index in [0.717, 1.165) is 47.5 Å². The Balaban J connectivity index is 1.85. The van der Waals surface area contributed by atoms with Gasteiger partial charge in [0.2, 0.25) is 5.91 Å². The van der Waals surface area contributed by atoms with Gasteiger partial charge in [0.1, 0.15) is 5.82 Å². The molecule has 0 bridgehead atoms. The number of aryl methyl sites for hydroxylation is 2. The van der Waals surface area contributed by atoms with Crippen LogP contribution in [0.25, 0.3) is 0 Å². The Morgan fingerprint density at radius 3 is 2.76 bits per heavy atom. The molecule has 0 spiro atoms. The van der Waals surface area contributed by atoms with Crippen LogP contribution in [0.4, 0.5) is 15.8 Å². The number of carbonyl (C=O) groups excluding carboxylic acids is 1. The molecule has 4 heteroatoms. The lowest BCUT2D eigenvalue weighted by Crippen LogP contribution is -2.36. The SMILES string of the molecule is Cc1cc2c(cc1C)N(Cc1ccccc1F)C(=O)[C@H]1CCCC1=N2. The number of rotatable bonds is 2. The maximum absolute atomic E-state index is 14.2. The Morgan fingerprint density at radius 1 is 1.20 bits per heavy atom. The van der Waals surface area contributed by atoms with Crippen LogP contribution in [0.5, 0.6) is 0 Å². The van der Waals surface area contributed by atoms with Gasteiger partial charge in [-0.2, -0.15) is 0 Å². The van der Waals surface area contributed by atoms with Crippen molar-refractivity contribution in [1.29, 1.82) is 0 Å². The molecule has 0 aromatic heterocycles. The lowest BCUT2D eigenvalue weighted by atomic mass is 10.0. The fraction of sp³-hybridized carbons (Fsp3) is 0.333. The van der Waals surface area contributed by atoms with Crippen molar-refractivity contribution in [3.8, 4) is 0 Å². The monoisotopic (exact) mass is 336 g/mol. The van der Waals surface area contributed by atoms with E-state index in [0.29, 0.717) is 5.56 Å². The molecule has 1 amide bonds. The van der Waals surface area contributed by atoms with E-state index in [-0.39, 0.29) is 24.2 Å². The summed E-state index contributed by atoms with van der Waals surface area (Å²) in [6, 6.07) is 10.7. The summed E-state index contributed by atoms with van der Waals surface area (Å²) in [5.41, 5.74) is 5.38. The van der Waals surface area contributed by atoms with Crippen molar-refractivity contribution in [2.24, 2.45) is 10.9 Å². The zero-order chi connectivity index (χ0) is 17.6. The minimum absolute atomic E-state index is 0.0431. The van der Waals surface area contributed by atoms with Crippen molar-refractivity contribution in [3.05, 3.63) is 58.9 Å². The van der Waals surface area contributed by atoms with Gasteiger partial charge in [0.05, 0.1) is 23.8 Å². The van der Waals surface area contributed by atoms with Crippen LogP contribution in [-0.2, 0) is 11.3 Å². The summed E-state index contributed by atoms with van der Waals surface area (Å²) < 4.78 is 14.2. The van der Waals surface area contributed by atoms with Crippen molar-refractivity contribution in [3.63, 3.8) is 0 Å². The average molecular weight is 336 g/mol. The Bertz CT molecular complexity index is 887. The van der Waals surface area contributed by atoms with Crippen molar-refractivity contribution in [2.75, 3.05) is 4.90 Å². The number of fused-ring (bicyclic) bond motifs is 2. The molecule has 1 aliphatic heterocycles. The quantitative estimate of drug-likeness (QED) is 0.771. The maximum atomic E-state index is 14.2. The topological polar surface area (TPSA) is 32.7 Å². The largest absolute Gasteiger partial charge is 0.305 e. The van der Waals surface area contributed by atoms with Gasteiger partial charge in [-0.1, -0.05) is 18.2 Å². The zero-order valence-corrected chi connectivity index (χ0v) is 14.6. The fourth-order valence-corrected chi connectivity index (χ4v) is 3.74. The molecule has 128 valence electrons. The smallest absolute Gasteiger partial charge is 0.236 e. The second-order valence-corrected chi connectivity index (χ2v) is 6.99. The second kappa shape index (κ2) is 6.10. The van der Waals surface area contributed by atoms with E-state index in [1.807, 2.05) is 19.1 Å². The van der Waals surface area contributed by atoms with Gasteiger partial charge in [-0.25, -0.2) is 4.39 Å². The van der Waals surface area contributed by atoms with Crippen molar-refractivity contribution < 1.29 is 9.18 Å². The van der Waals surface area contributed by atoms with Gasteiger partial charge in [-0.05, 0) is 62.4 Å². The van der Waals surface area contributed by atoms with Crippen LogP contribution in [0.3, 0.4) is 0 Å². The number of benzene rings is 2. The summed E-state index contributed by atoms with van der Waals surface area (Å²) in [6.45, 7) is 4.32. The highest BCUT2D eigenvalue weighted by atomic mass is 19.1. The fourth-order valence-electron chi connectivity index (χ4n) is 3.74. The second-order valence-electron chi connectivity index (χ2n) is 6.99. The summed E-state index contributed by atoms with van der Waals surface area (Å²) in [5.74, 6) is -0.404. The summed E-state index contributed by atoms with van der Waals surface area (Å²) in [4.78, 5) is 19.8. The molecule has 0 unspecified atom stereocenters. The van der Waals surface area contributed by atoms with Gasteiger partial charge < -0.3 is 4.90 Å². The van der Waals surface area contributed by atoms with E-state index >= 15 is 0 Å². The van der Waals surface area contributed by atoms with Gasteiger partial charge >= 0.3 is 0 Å². The average Bonchev–Trinajstić information content (AvgIpc) is 3.01. The molecule has 1 aliphatic carbocycles. The van der Waals surface area contributed by atoms with Gasteiger partial charge in [0, 0.05) is 11.3 Å². The first-order valence-electron chi connectivity index (χ1n) is 8.78. The minimum Gasteiger partial charge on any atom is -0.305 e. The Morgan fingerprint density at radius 2 is 1.96 bits per heavy atom. The summed E-state index contributed by atoms with van der Waals surface area (Å²) in [6.07, 6.45) is 2.69. The highest BCUT2D eigenvalue weighted by molar-refractivity contribution is 6.15. The lowest BCUT2D eigenvalue weighted by Gasteiger charge is -2.26. The van der Waals surface area contributed by atoms with Crippen LogP contribution >= 0.6 is 0 Å². The van der Waals surface area contributed by atoms with Crippen molar-refractivity contribution in [2.45, 2.75) is 39.7 Å². The number of anilines is 1. The molecule has 1 atom stereocenters. The van der Waals surface area contributed by atoms with Crippen molar-refractivity contribution >= 4 is 23.0 Å². The highest BCUT2D eigenvalue weighted by Crippen LogP contribution is 2.40. The van der Waals surface area contributed by atoms with Crippen LogP contribution in [0, 0.1) is 25.6 Å². The Kier molecular flexibility index (Phi) is 3.91. The zero-order valence-electron chi connectivity index (χ0n) is 14.6. The third-order valence-corrected chi connectivity index (χ3v) is 5.32. The highest BCUT2D eigenvalue weighted by Gasteiger charge is 2.36. The molecule has 1 fully saturated rings. The van der Waals surface area contributed by atoms with E-state index < -0.39 is 0 Å². The van der Waals surface area contributed by atoms with Crippen LogP contribution in [-0.4, -0.2) is 11.6 Å². The molecule has 4 rings (SSSR count). The van der Waals surface area contributed by atoms with Gasteiger partial charge in [-0.3, -0.25) is 9.79 Å². The third kappa shape index (κ3) is 2.76. The van der Waals surface area contributed by atoms with Crippen molar-refractivity contribution in [1.82, 2.24) is 0 Å². The molecule has 1 heterocycles. The number of halogens is 1. The van der Waals surface area contributed by atoms with Crippen LogP contribution in [0.2, 0.25) is 0 Å². The van der Waals surface area contributed by atoms with E-state index in [4.69, 9.17) is 4.99 Å². The number of nitrogens with zero attached hydrogens (tertiary/aromatic N) is 2. The summed E-state index contributed by atoms with van der Waals surface area (Å²) in [5, 5.41) is 0. The molecule has 0 N–H and O–H groups in total. The first-order valence-corrected chi connectivity index (χ1v) is 8.78. The lowest BCUT2D eigenvalue weighted by molar-refractivity contribution is -0.120. The van der Waals surface area contributed by atoms with E-state index in [1.165, 1.54) is 6.07 Å². The van der Waals surface area contributed by atoms with Crippen LogP contribution in [0.15, 0.2) is 41.4 Å². The van der Waals surface area contributed by atoms with E-state index in [1.54, 1.807) is 23.1 Å². The number of aliphatic imine (C=N–C) groups is 1. The number of carbonyl (C=O) groups is 1. The first kappa shape index (κ1) is 16.0. The van der Waals surface area contributed by atoms with E-state index in [2.05, 4.69) is 6.92 Å². The molecule has 2 aromatic rings. The molecule has 0 saturated heterocycles. The normalized spacial score (nSPS) is 19.3. The Labute approximate surface area is 147 Å². The summed E-state index contributed by atoms with van der Waals surface area (Å²) >= 11 is 0. The molecule has 0 radical (unpaired) electrons. The van der Waals surface area contributed by atoms with Gasteiger partial charge in [0.15, 0.2) is 0 Å². The molecular weight excluding hydrogens is 315 g/mol. The molecule has 2 aliphatic rings. The minimum atomic E-state index is -0.280. The molecule has 25 heavy (non-hydrogen) atoms. The standard InChI is InChI=1S/C21H21FN2O/c1-13-10-19-20(11-14(13)2)24(12-15-6-3-4-8-17(15)22)21(25)16-7-5-9-18(16)23-19/h3-4,6,8,10-11,16H,5,7,9,12H2,1-2H3/t16-/m0/s1. The first-order chi connectivity index (χ1) is 12.0. The van der Waals surface area contributed by atoms with Crippen LogP contribution < -0.4 is 4.90 Å². The number of hydrogen-bond donors (Lipinski definition) is 0. The molecule has 3 nitrogen and oxygen atoms in total. The molecule has 1 saturated carbocycles. The third-order valence-electron chi connectivity index (χ3n) is 5.32. The molecule has 2 aromatic carbocycles. The van der Waals surface area contributed by atoms with Gasteiger partial charge in [0.25, 0.3) is 0 Å². The Hall–Kier alpha value is -2.49.